The van der Waals surface area contributed by atoms with Gasteiger partial charge in [-0.2, -0.15) is 13.7 Å². The lowest BCUT2D eigenvalue weighted by Crippen LogP contribution is -2.48. The minimum absolute atomic E-state index is 0.00147. The summed E-state index contributed by atoms with van der Waals surface area (Å²) in [5.41, 5.74) is 8.04. The van der Waals surface area contributed by atoms with E-state index < -0.39 is 15.0 Å². The molecule has 0 aromatic rings. The topological polar surface area (TPSA) is 130 Å². The number of azide groups is 1. The van der Waals surface area contributed by atoms with E-state index in [1.54, 1.807) is 0 Å². The summed E-state index contributed by atoms with van der Waals surface area (Å²) in [4.78, 5) is 26.5. The highest BCUT2D eigenvalue weighted by molar-refractivity contribution is 6.52. The van der Waals surface area contributed by atoms with Crippen molar-refractivity contribution in [2.45, 2.75) is 12.8 Å². The Morgan fingerprint density at radius 3 is 2.11 bits per heavy atom. The maximum absolute atomic E-state index is 10.9. The van der Waals surface area contributed by atoms with E-state index in [-0.39, 0.29) is 19.4 Å². The molecule has 0 aliphatic heterocycles. The van der Waals surface area contributed by atoms with E-state index in [4.69, 9.17) is 23.7 Å². The fourth-order valence-electron chi connectivity index (χ4n) is 0.940. The molecule has 110 valence electrons. The van der Waals surface area contributed by atoms with Gasteiger partial charge in [-0.05, 0) is 17.1 Å². The van der Waals surface area contributed by atoms with Gasteiger partial charge in [-0.1, -0.05) is 0 Å². The van der Waals surface area contributed by atoms with Crippen molar-refractivity contribution in [2.24, 2.45) is 5.11 Å². The molecular formula is C7H15N3O8Si. The van der Waals surface area contributed by atoms with Gasteiger partial charge in [-0.15, -0.1) is 0 Å². The van der Waals surface area contributed by atoms with E-state index in [1.165, 1.54) is 21.3 Å². The highest BCUT2D eigenvalue weighted by atomic mass is 28.4. The second-order valence-electron chi connectivity index (χ2n) is 2.79. The summed E-state index contributed by atoms with van der Waals surface area (Å²) in [6.07, 6.45) is 0.251. The average Bonchev–Trinajstić information content (AvgIpc) is 2.36. The number of carbonyl (C=O) groups excluding carboxylic acids is 1. The Bertz CT molecular complexity index is 294. The van der Waals surface area contributed by atoms with Gasteiger partial charge in [0.1, 0.15) is 0 Å². The fraction of sp³-hybridized carbons (Fsp3) is 0.857. The summed E-state index contributed by atoms with van der Waals surface area (Å²) in [6.45, 7) is 0.00892. The second kappa shape index (κ2) is 10.8. The first-order valence-electron chi connectivity index (χ1n) is 5.01. The molecule has 0 heterocycles. The van der Waals surface area contributed by atoms with Crippen molar-refractivity contribution < 1.29 is 37.6 Å². The molecule has 0 aromatic carbocycles. The lowest BCUT2D eigenvalue weighted by molar-refractivity contribution is -0.370. The van der Waals surface area contributed by atoms with Crippen LogP contribution >= 0.6 is 0 Å². The highest BCUT2D eigenvalue weighted by Gasteiger charge is 2.51. The van der Waals surface area contributed by atoms with Gasteiger partial charge in [-0.3, -0.25) is 4.79 Å². The van der Waals surface area contributed by atoms with Gasteiger partial charge in [0.15, 0.2) is 0 Å². The van der Waals surface area contributed by atoms with Crippen LogP contribution in [0.1, 0.15) is 12.8 Å². The number of rotatable bonds is 11. The molecule has 0 rings (SSSR count). The van der Waals surface area contributed by atoms with Crippen molar-refractivity contribution in [3.8, 4) is 0 Å². The second-order valence-corrected chi connectivity index (χ2v) is 4.57. The third-order valence-corrected chi connectivity index (χ3v) is 3.20. The zero-order valence-corrected chi connectivity index (χ0v) is 11.7. The first-order chi connectivity index (χ1) is 9.14. The van der Waals surface area contributed by atoms with Crippen LogP contribution in [0.3, 0.4) is 0 Å². The number of hydrogen-bond donors (Lipinski definition) is 0. The van der Waals surface area contributed by atoms with Gasteiger partial charge in [-0.25, -0.2) is 14.7 Å². The third kappa shape index (κ3) is 7.84. The molecule has 0 N–H and O–H groups in total. The Morgan fingerprint density at radius 2 is 1.68 bits per heavy atom. The Kier molecular flexibility index (Phi) is 10.2. The molecule has 0 aliphatic carbocycles. The van der Waals surface area contributed by atoms with Crippen LogP contribution in [0.25, 0.3) is 10.4 Å². The molecule has 0 spiro atoms. The lowest BCUT2D eigenvalue weighted by atomic mass is 10.3. The van der Waals surface area contributed by atoms with Crippen LogP contribution < -0.4 is 0 Å². The molecule has 0 saturated carbocycles. The average molecular weight is 297 g/mol. The largest absolute Gasteiger partial charge is 0.764 e. The van der Waals surface area contributed by atoms with E-state index >= 15 is 0 Å². The molecule has 0 bridgehead atoms. The number of amides is 1. The maximum atomic E-state index is 10.9. The molecule has 0 radical (unpaired) electrons. The standard InChI is InChI=1S/C7H15N3O8Si/c1-12-16-19(17-13-2,18-14-3)15-6-4-5-7(11)9-10-8/h4-6H2,1-3H3. The van der Waals surface area contributed by atoms with Gasteiger partial charge in [0.25, 0.3) is 0 Å². The summed E-state index contributed by atoms with van der Waals surface area (Å²) in [6, 6.07) is 0. The summed E-state index contributed by atoms with van der Waals surface area (Å²) < 4.78 is 19.4. The van der Waals surface area contributed by atoms with Crippen molar-refractivity contribution in [1.29, 1.82) is 0 Å². The minimum atomic E-state index is -3.77. The molecule has 0 saturated heterocycles. The van der Waals surface area contributed by atoms with Crippen LogP contribution in [-0.4, -0.2) is 42.9 Å². The number of nitrogens with zero attached hydrogens (tertiary/aromatic N) is 3. The van der Waals surface area contributed by atoms with Crippen LogP contribution in [-0.2, 0) is 37.6 Å². The molecule has 1 amide bonds. The zero-order chi connectivity index (χ0) is 14.6. The van der Waals surface area contributed by atoms with Gasteiger partial charge in [0, 0.05) is 17.9 Å². The fourth-order valence-corrected chi connectivity index (χ4v) is 2.17. The first-order valence-corrected chi connectivity index (χ1v) is 6.64. The number of carbonyl (C=O) groups is 1. The summed E-state index contributed by atoms with van der Waals surface area (Å²) in [5, 5.41) is 2.90. The van der Waals surface area contributed by atoms with Crippen LogP contribution in [0.4, 0.5) is 0 Å². The normalized spacial score (nSPS) is 11.1. The summed E-state index contributed by atoms with van der Waals surface area (Å²) in [7, 11) is -0.118. The molecular weight excluding hydrogens is 282 g/mol. The first kappa shape index (κ1) is 17.9. The maximum Gasteiger partial charge on any atom is 0.764 e. The SMILES string of the molecule is COO[Si](OCCCC(=O)N=[N+]=[N-])(OOC)OOC. The van der Waals surface area contributed by atoms with Gasteiger partial charge >= 0.3 is 9.05 Å². The van der Waals surface area contributed by atoms with Crippen LogP contribution in [0.15, 0.2) is 5.11 Å². The molecule has 0 aromatic heterocycles. The molecule has 0 aliphatic rings. The van der Waals surface area contributed by atoms with E-state index in [9.17, 15) is 4.79 Å². The van der Waals surface area contributed by atoms with E-state index in [2.05, 4.69) is 24.7 Å². The van der Waals surface area contributed by atoms with Gasteiger partial charge in [0.2, 0.25) is 5.91 Å². The third-order valence-electron chi connectivity index (χ3n) is 1.53. The van der Waals surface area contributed by atoms with Crippen molar-refractivity contribution in [1.82, 2.24) is 0 Å². The Balaban J connectivity index is 4.23. The monoisotopic (exact) mass is 297 g/mol. The van der Waals surface area contributed by atoms with Gasteiger partial charge < -0.3 is 4.43 Å². The Hall–Kier alpha value is -1.08. The number of hydrogen-bond acceptors (Lipinski definition) is 8. The zero-order valence-electron chi connectivity index (χ0n) is 10.7. The smallest absolute Gasteiger partial charge is 0.347 e. The molecule has 0 atom stereocenters. The lowest BCUT2D eigenvalue weighted by Gasteiger charge is -2.22. The summed E-state index contributed by atoms with van der Waals surface area (Å²) in [5.74, 6) is -0.605. The van der Waals surface area contributed by atoms with Crippen molar-refractivity contribution in [3.63, 3.8) is 0 Å². The molecule has 11 nitrogen and oxygen atoms in total. The molecule has 19 heavy (non-hydrogen) atoms. The van der Waals surface area contributed by atoms with Crippen LogP contribution in [0, 0.1) is 0 Å². The minimum Gasteiger partial charge on any atom is -0.347 e. The van der Waals surface area contributed by atoms with E-state index in [0.717, 1.165) is 0 Å². The van der Waals surface area contributed by atoms with Crippen LogP contribution in [0.5, 0.6) is 0 Å². The Morgan fingerprint density at radius 1 is 1.16 bits per heavy atom. The molecule has 0 fully saturated rings. The summed E-state index contributed by atoms with van der Waals surface area (Å²) >= 11 is 0. The van der Waals surface area contributed by atoms with E-state index in [0.29, 0.717) is 0 Å². The quantitative estimate of drug-likeness (QED) is 0.104. The predicted octanol–water partition coefficient (Wildman–Crippen LogP) is 0.790. The Labute approximate surface area is 110 Å². The predicted molar refractivity (Wildman–Crippen MR) is 59.4 cm³/mol. The van der Waals surface area contributed by atoms with Crippen LogP contribution in [0.2, 0.25) is 0 Å². The molecule has 0 unspecified atom stereocenters. The van der Waals surface area contributed by atoms with Gasteiger partial charge in [0.05, 0.1) is 21.3 Å². The van der Waals surface area contributed by atoms with Crippen molar-refractivity contribution >= 4 is 15.0 Å². The van der Waals surface area contributed by atoms with E-state index in [1.807, 2.05) is 0 Å². The molecule has 12 heteroatoms. The highest BCUT2D eigenvalue weighted by Crippen LogP contribution is 2.13. The van der Waals surface area contributed by atoms with Crippen molar-refractivity contribution in [3.05, 3.63) is 10.4 Å². The van der Waals surface area contributed by atoms with Crippen molar-refractivity contribution in [2.75, 3.05) is 27.9 Å².